The molecule has 0 spiro atoms. The lowest BCUT2D eigenvalue weighted by Crippen LogP contribution is -2.28. The van der Waals surface area contributed by atoms with Crippen molar-refractivity contribution >= 4 is 28.6 Å². The summed E-state index contributed by atoms with van der Waals surface area (Å²) in [5.41, 5.74) is 8.40. The second-order valence-corrected chi connectivity index (χ2v) is 8.84. The van der Waals surface area contributed by atoms with Gasteiger partial charge in [0.1, 0.15) is 0 Å². The van der Waals surface area contributed by atoms with Crippen LogP contribution in [0.5, 0.6) is 0 Å². The molecule has 0 radical (unpaired) electrons. The third-order valence-corrected chi connectivity index (χ3v) is 6.41. The molecule has 5 rings (SSSR count). The quantitative estimate of drug-likeness (QED) is 0.397. The van der Waals surface area contributed by atoms with Gasteiger partial charge in [-0.15, -0.1) is 0 Å². The van der Waals surface area contributed by atoms with Crippen LogP contribution in [0.2, 0.25) is 5.02 Å². The number of allylic oxidation sites excluding steroid dienone is 1. The van der Waals surface area contributed by atoms with Gasteiger partial charge in [-0.05, 0) is 73.2 Å². The molecule has 1 atom stereocenters. The fourth-order valence-electron chi connectivity index (χ4n) is 4.76. The molecule has 4 aromatic rings. The number of fused-ring (bicyclic) bond motifs is 2. The van der Waals surface area contributed by atoms with Crippen molar-refractivity contribution in [2.45, 2.75) is 32.7 Å². The summed E-state index contributed by atoms with van der Waals surface area (Å²) in [4.78, 5) is 13.4. The van der Waals surface area contributed by atoms with E-state index in [2.05, 4.69) is 24.0 Å². The second kappa shape index (κ2) is 7.95. The first-order valence-electron chi connectivity index (χ1n) is 10.8. The Kier molecular flexibility index (Phi) is 5.10. The van der Waals surface area contributed by atoms with Crippen LogP contribution in [0.15, 0.2) is 67.2 Å². The van der Waals surface area contributed by atoms with E-state index >= 15 is 0 Å². The summed E-state index contributed by atoms with van der Waals surface area (Å²) in [7, 11) is 0. The summed E-state index contributed by atoms with van der Waals surface area (Å²) in [6.45, 7) is 8.03. The van der Waals surface area contributed by atoms with E-state index in [4.69, 9.17) is 16.7 Å². The Morgan fingerprint density at radius 2 is 1.97 bits per heavy atom. The maximum atomic E-state index is 13.4. The molecule has 2 heterocycles. The van der Waals surface area contributed by atoms with Gasteiger partial charge in [0.25, 0.3) is 5.91 Å². The Labute approximate surface area is 192 Å². The lowest BCUT2D eigenvalue weighted by molar-refractivity contribution is 0.0936. The molecule has 0 aliphatic heterocycles. The van der Waals surface area contributed by atoms with Gasteiger partial charge >= 0.3 is 0 Å². The van der Waals surface area contributed by atoms with Gasteiger partial charge in [0, 0.05) is 10.6 Å². The number of rotatable bonds is 4. The first-order chi connectivity index (χ1) is 15.4. The maximum Gasteiger partial charge on any atom is 0.253 e. The lowest BCUT2D eigenvalue weighted by atomic mass is 10.0. The Hall–Kier alpha value is -3.37. The van der Waals surface area contributed by atoms with Gasteiger partial charge in [-0.3, -0.25) is 4.79 Å². The number of aryl methyl sites for hydroxylation is 2. The SMILES string of the molecule is C=C(C)c1c(C(=O)N[C@H]2CCc3ccccc32)ccc2c(-c3cccc(Cl)c3)c(C)nn12. The number of halogens is 1. The minimum absolute atomic E-state index is 0.0220. The molecule has 1 aliphatic carbocycles. The first kappa shape index (κ1) is 20.5. The van der Waals surface area contributed by atoms with Gasteiger partial charge in [-0.2, -0.15) is 5.10 Å². The van der Waals surface area contributed by atoms with Crippen molar-refractivity contribution < 1.29 is 4.79 Å². The maximum absolute atomic E-state index is 13.4. The molecule has 4 nitrogen and oxygen atoms in total. The van der Waals surface area contributed by atoms with E-state index in [9.17, 15) is 4.79 Å². The number of benzene rings is 2. The molecular weight excluding hydrogens is 418 g/mol. The van der Waals surface area contributed by atoms with E-state index in [0.717, 1.165) is 46.4 Å². The number of amides is 1. The standard InChI is InChI=1S/C27H24ClN3O/c1-16(2)26-22(27(32)29-23-13-11-18-7-4-5-10-21(18)23)12-14-24-25(17(3)30-31(24)26)19-8-6-9-20(28)15-19/h4-10,12,14-15,23H,1,11,13H2,2-3H3,(H,29,32)/t23-/m0/s1. The van der Waals surface area contributed by atoms with E-state index in [-0.39, 0.29) is 11.9 Å². The van der Waals surface area contributed by atoms with E-state index in [1.165, 1.54) is 11.1 Å². The van der Waals surface area contributed by atoms with Crippen molar-refractivity contribution in [3.8, 4) is 11.1 Å². The van der Waals surface area contributed by atoms with Gasteiger partial charge in [-0.25, -0.2) is 4.52 Å². The minimum Gasteiger partial charge on any atom is -0.345 e. The van der Waals surface area contributed by atoms with Crippen molar-refractivity contribution in [2.24, 2.45) is 0 Å². The number of hydrogen-bond donors (Lipinski definition) is 1. The van der Waals surface area contributed by atoms with Gasteiger partial charge in [-0.1, -0.05) is 54.6 Å². The zero-order valence-corrected chi connectivity index (χ0v) is 18.9. The number of carbonyl (C=O) groups is 1. The van der Waals surface area contributed by atoms with E-state index < -0.39 is 0 Å². The van der Waals surface area contributed by atoms with Crippen molar-refractivity contribution in [3.05, 3.63) is 100 Å². The molecule has 1 amide bonds. The second-order valence-electron chi connectivity index (χ2n) is 8.41. The van der Waals surface area contributed by atoms with E-state index in [1.807, 2.05) is 66.9 Å². The van der Waals surface area contributed by atoms with Crippen LogP contribution in [0.1, 0.15) is 52.3 Å². The summed E-state index contributed by atoms with van der Waals surface area (Å²) in [5.74, 6) is -0.107. The van der Waals surface area contributed by atoms with Crippen LogP contribution in [0.25, 0.3) is 22.2 Å². The number of nitrogens with one attached hydrogen (secondary N) is 1. The molecule has 5 heteroatoms. The van der Waals surface area contributed by atoms with Crippen molar-refractivity contribution in [1.82, 2.24) is 14.9 Å². The fourth-order valence-corrected chi connectivity index (χ4v) is 4.95. The zero-order chi connectivity index (χ0) is 22.4. The zero-order valence-electron chi connectivity index (χ0n) is 18.2. The molecular formula is C27H24ClN3O. The number of aromatic nitrogens is 2. The Balaban J connectivity index is 1.58. The Morgan fingerprint density at radius 3 is 2.75 bits per heavy atom. The van der Waals surface area contributed by atoms with Crippen LogP contribution in [0.4, 0.5) is 0 Å². The van der Waals surface area contributed by atoms with Gasteiger partial charge in [0.05, 0.1) is 28.5 Å². The Morgan fingerprint density at radius 1 is 1.16 bits per heavy atom. The number of carbonyl (C=O) groups excluding carboxylic acids is 1. The van der Waals surface area contributed by atoms with Gasteiger partial charge in [0.15, 0.2) is 0 Å². The number of pyridine rings is 1. The molecule has 1 aliphatic rings. The van der Waals surface area contributed by atoms with Crippen molar-refractivity contribution in [2.75, 3.05) is 0 Å². The van der Waals surface area contributed by atoms with Crippen molar-refractivity contribution in [1.29, 1.82) is 0 Å². The van der Waals surface area contributed by atoms with Crippen molar-refractivity contribution in [3.63, 3.8) is 0 Å². The van der Waals surface area contributed by atoms with Crippen LogP contribution in [0, 0.1) is 6.92 Å². The average Bonchev–Trinajstić information content (AvgIpc) is 3.32. The molecule has 1 N–H and O–H groups in total. The van der Waals surface area contributed by atoms with Gasteiger partial charge < -0.3 is 5.32 Å². The molecule has 0 bridgehead atoms. The Bertz CT molecular complexity index is 1390. The number of hydrogen-bond acceptors (Lipinski definition) is 2. The number of nitrogens with zero attached hydrogens (tertiary/aromatic N) is 2. The molecule has 0 unspecified atom stereocenters. The topological polar surface area (TPSA) is 46.4 Å². The summed E-state index contributed by atoms with van der Waals surface area (Å²) in [6.07, 6.45) is 1.89. The normalized spacial score (nSPS) is 15.0. The highest BCUT2D eigenvalue weighted by Gasteiger charge is 2.26. The summed E-state index contributed by atoms with van der Waals surface area (Å²) in [5, 5.41) is 8.69. The predicted molar refractivity (Wildman–Crippen MR) is 130 cm³/mol. The average molecular weight is 442 g/mol. The molecule has 0 fully saturated rings. The van der Waals surface area contributed by atoms with E-state index in [1.54, 1.807) is 0 Å². The third kappa shape index (κ3) is 3.41. The predicted octanol–water partition coefficient (Wildman–Crippen LogP) is 6.41. The largest absolute Gasteiger partial charge is 0.345 e. The monoisotopic (exact) mass is 441 g/mol. The molecule has 0 saturated carbocycles. The molecule has 160 valence electrons. The fraction of sp³-hybridized carbons (Fsp3) is 0.185. The van der Waals surface area contributed by atoms with Crippen LogP contribution < -0.4 is 5.32 Å². The summed E-state index contributed by atoms with van der Waals surface area (Å²) >= 11 is 6.24. The smallest absolute Gasteiger partial charge is 0.253 e. The molecule has 32 heavy (non-hydrogen) atoms. The summed E-state index contributed by atoms with van der Waals surface area (Å²) in [6, 6.07) is 19.9. The third-order valence-electron chi connectivity index (χ3n) is 6.17. The van der Waals surface area contributed by atoms with E-state index in [0.29, 0.717) is 10.6 Å². The highest BCUT2D eigenvalue weighted by molar-refractivity contribution is 6.30. The minimum atomic E-state index is -0.107. The highest BCUT2D eigenvalue weighted by Crippen LogP contribution is 2.34. The first-order valence-corrected chi connectivity index (χ1v) is 11.1. The van der Waals surface area contributed by atoms with Crippen LogP contribution >= 0.6 is 11.6 Å². The van der Waals surface area contributed by atoms with Crippen LogP contribution in [-0.4, -0.2) is 15.5 Å². The highest BCUT2D eigenvalue weighted by atomic mass is 35.5. The lowest BCUT2D eigenvalue weighted by Gasteiger charge is -2.17. The molecule has 2 aromatic carbocycles. The molecule has 0 saturated heterocycles. The van der Waals surface area contributed by atoms with Gasteiger partial charge in [0.2, 0.25) is 0 Å². The summed E-state index contributed by atoms with van der Waals surface area (Å²) < 4.78 is 1.84. The van der Waals surface area contributed by atoms with Crippen LogP contribution in [-0.2, 0) is 6.42 Å². The molecule has 2 aromatic heterocycles. The van der Waals surface area contributed by atoms with Crippen LogP contribution in [0.3, 0.4) is 0 Å².